The molecule has 1 atom stereocenters. The SMILES string of the molecule is COc1cccc2c1OC[C@H](NC(=O)Cn1cc(C)c(=O)[nH]c1=O)C2. The van der Waals surface area contributed by atoms with Gasteiger partial charge in [0.05, 0.1) is 13.2 Å². The number of amides is 1. The third-order valence-electron chi connectivity index (χ3n) is 4.04. The Labute approximate surface area is 143 Å². The summed E-state index contributed by atoms with van der Waals surface area (Å²) in [7, 11) is 1.58. The van der Waals surface area contributed by atoms with Gasteiger partial charge in [0.1, 0.15) is 13.2 Å². The molecule has 1 aliphatic rings. The van der Waals surface area contributed by atoms with Crippen LogP contribution in [0.5, 0.6) is 11.5 Å². The lowest BCUT2D eigenvalue weighted by Gasteiger charge is -2.27. The van der Waals surface area contributed by atoms with Crippen molar-refractivity contribution in [2.45, 2.75) is 25.9 Å². The summed E-state index contributed by atoms with van der Waals surface area (Å²) < 4.78 is 12.1. The predicted molar refractivity (Wildman–Crippen MR) is 90.2 cm³/mol. The molecule has 1 aromatic heterocycles. The number of rotatable bonds is 4. The summed E-state index contributed by atoms with van der Waals surface area (Å²) in [4.78, 5) is 37.5. The second-order valence-corrected chi connectivity index (χ2v) is 5.93. The molecule has 8 heteroatoms. The molecule has 3 rings (SSSR count). The van der Waals surface area contributed by atoms with Crippen molar-refractivity contribution in [1.82, 2.24) is 14.9 Å². The highest BCUT2D eigenvalue weighted by molar-refractivity contribution is 5.76. The molecule has 0 unspecified atom stereocenters. The van der Waals surface area contributed by atoms with Gasteiger partial charge < -0.3 is 14.8 Å². The van der Waals surface area contributed by atoms with Crippen molar-refractivity contribution < 1.29 is 14.3 Å². The lowest BCUT2D eigenvalue weighted by Crippen LogP contribution is -2.45. The highest BCUT2D eigenvalue weighted by Crippen LogP contribution is 2.34. The number of benzene rings is 1. The van der Waals surface area contributed by atoms with E-state index in [4.69, 9.17) is 9.47 Å². The van der Waals surface area contributed by atoms with Gasteiger partial charge in [-0.15, -0.1) is 0 Å². The third-order valence-corrected chi connectivity index (χ3v) is 4.04. The molecule has 0 radical (unpaired) electrons. The minimum atomic E-state index is -0.610. The topological polar surface area (TPSA) is 102 Å². The number of hydrogen-bond acceptors (Lipinski definition) is 5. The summed E-state index contributed by atoms with van der Waals surface area (Å²) in [5.41, 5.74) is 0.260. The summed E-state index contributed by atoms with van der Waals surface area (Å²) >= 11 is 0. The summed E-state index contributed by atoms with van der Waals surface area (Å²) in [6.07, 6.45) is 1.98. The average molecular weight is 345 g/mol. The number of fused-ring (bicyclic) bond motifs is 1. The molecule has 8 nitrogen and oxygen atoms in total. The first-order valence-corrected chi connectivity index (χ1v) is 7.86. The van der Waals surface area contributed by atoms with E-state index < -0.39 is 11.2 Å². The zero-order chi connectivity index (χ0) is 18.0. The van der Waals surface area contributed by atoms with Gasteiger partial charge in [-0.05, 0) is 19.4 Å². The maximum atomic E-state index is 12.2. The largest absolute Gasteiger partial charge is 0.493 e. The molecule has 2 heterocycles. The molecule has 0 bridgehead atoms. The van der Waals surface area contributed by atoms with E-state index >= 15 is 0 Å². The minimum Gasteiger partial charge on any atom is -0.493 e. The van der Waals surface area contributed by atoms with Crippen LogP contribution in [0.15, 0.2) is 34.0 Å². The van der Waals surface area contributed by atoms with E-state index in [0.717, 1.165) is 5.56 Å². The molecular weight excluding hydrogens is 326 g/mol. The van der Waals surface area contributed by atoms with Crippen molar-refractivity contribution >= 4 is 5.91 Å². The van der Waals surface area contributed by atoms with E-state index in [-0.39, 0.29) is 18.5 Å². The van der Waals surface area contributed by atoms with Crippen LogP contribution in [0, 0.1) is 6.92 Å². The summed E-state index contributed by atoms with van der Waals surface area (Å²) in [6.45, 7) is 1.72. The second kappa shape index (κ2) is 6.84. The number of aromatic amines is 1. The van der Waals surface area contributed by atoms with Gasteiger partial charge in [0.15, 0.2) is 11.5 Å². The van der Waals surface area contributed by atoms with Crippen molar-refractivity contribution in [1.29, 1.82) is 0 Å². The highest BCUT2D eigenvalue weighted by atomic mass is 16.5. The summed E-state index contributed by atoms with van der Waals surface area (Å²) in [5, 5.41) is 2.85. The van der Waals surface area contributed by atoms with Crippen LogP contribution in [0.25, 0.3) is 0 Å². The van der Waals surface area contributed by atoms with Crippen LogP contribution in [0.1, 0.15) is 11.1 Å². The van der Waals surface area contributed by atoms with E-state index in [9.17, 15) is 14.4 Å². The Morgan fingerprint density at radius 2 is 2.24 bits per heavy atom. The number of aryl methyl sites for hydroxylation is 1. The lowest BCUT2D eigenvalue weighted by atomic mass is 10.0. The quantitative estimate of drug-likeness (QED) is 0.810. The normalized spacial score (nSPS) is 15.8. The van der Waals surface area contributed by atoms with Crippen LogP contribution >= 0.6 is 0 Å². The van der Waals surface area contributed by atoms with Crippen LogP contribution in [0.4, 0.5) is 0 Å². The predicted octanol–water partition coefficient (Wildman–Crippen LogP) is -0.0265. The van der Waals surface area contributed by atoms with E-state index in [1.54, 1.807) is 14.0 Å². The fraction of sp³-hybridized carbons (Fsp3) is 0.353. The molecule has 1 aromatic carbocycles. The smallest absolute Gasteiger partial charge is 0.328 e. The number of para-hydroxylation sites is 1. The standard InChI is InChI=1S/C17H19N3O5/c1-10-7-20(17(23)19-16(10)22)8-14(21)18-12-6-11-4-3-5-13(24-2)15(11)25-9-12/h3-5,7,12H,6,8-9H2,1-2H3,(H,18,21)(H,19,22,23)/t12-/m1/s1. The fourth-order valence-corrected chi connectivity index (χ4v) is 2.81. The molecule has 25 heavy (non-hydrogen) atoms. The van der Waals surface area contributed by atoms with Crippen molar-refractivity contribution in [3.63, 3.8) is 0 Å². The fourth-order valence-electron chi connectivity index (χ4n) is 2.81. The maximum absolute atomic E-state index is 12.2. The van der Waals surface area contributed by atoms with Crippen molar-refractivity contribution in [2.75, 3.05) is 13.7 Å². The average Bonchev–Trinajstić information content (AvgIpc) is 2.58. The van der Waals surface area contributed by atoms with Crippen LogP contribution in [-0.4, -0.2) is 35.2 Å². The third kappa shape index (κ3) is 3.57. The van der Waals surface area contributed by atoms with Gasteiger partial charge in [0.25, 0.3) is 5.56 Å². The Morgan fingerprint density at radius 1 is 1.44 bits per heavy atom. The van der Waals surface area contributed by atoms with Crippen molar-refractivity contribution in [3.8, 4) is 11.5 Å². The molecule has 0 aliphatic carbocycles. The van der Waals surface area contributed by atoms with E-state index in [1.807, 2.05) is 18.2 Å². The van der Waals surface area contributed by atoms with Gasteiger partial charge in [-0.3, -0.25) is 19.1 Å². The Hall–Kier alpha value is -3.03. The Bertz CT molecular complexity index is 915. The zero-order valence-electron chi connectivity index (χ0n) is 14.0. The van der Waals surface area contributed by atoms with Gasteiger partial charge >= 0.3 is 5.69 Å². The number of nitrogens with one attached hydrogen (secondary N) is 2. The first-order chi connectivity index (χ1) is 12.0. The van der Waals surface area contributed by atoms with Gasteiger partial charge in [-0.2, -0.15) is 0 Å². The molecule has 0 spiro atoms. The molecule has 2 aromatic rings. The number of carbonyl (C=O) groups is 1. The molecular formula is C17H19N3O5. The first-order valence-electron chi connectivity index (χ1n) is 7.86. The second-order valence-electron chi connectivity index (χ2n) is 5.93. The molecule has 1 amide bonds. The molecule has 132 valence electrons. The minimum absolute atomic E-state index is 0.169. The van der Waals surface area contributed by atoms with Crippen molar-refractivity contribution in [3.05, 3.63) is 56.4 Å². The molecule has 0 fully saturated rings. The number of carbonyl (C=O) groups excluding carboxylic acids is 1. The van der Waals surface area contributed by atoms with Crippen LogP contribution in [0.3, 0.4) is 0 Å². The van der Waals surface area contributed by atoms with E-state index in [2.05, 4.69) is 10.3 Å². The lowest BCUT2D eigenvalue weighted by molar-refractivity contribution is -0.122. The van der Waals surface area contributed by atoms with Crippen LogP contribution < -0.4 is 26.0 Å². The molecule has 2 N–H and O–H groups in total. The number of H-pyrrole nitrogens is 1. The Balaban J connectivity index is 1.67. The van der Waals surface area contributed by atoms with E-state index in [1.165, 1.54) is 10.8 Å². The highest BCUT2D eigenvalue weighted by Gasteiger charge is 2.24. The van der Waals surface area contributed by atoms with E-state index in [0.29, 0.717) is 30.1 Å². The monoisotopic (exact) mass is 345 g/mol. The van der Waals surface area contributed by atoms with Gasteiger partial charge in [-0.1, -0.05) is 12.1 Å². The van der Waals surface area contributed by atoms with Gasteiger partial charge in [0.2, 0.25) is 5.91 Å². The zero-order valence-corrected chi connectivity index (χ0v) is 14.0. The van der Waals surface area contributed by atoms with Crippen LogP contribution in [0.2, 0.25) is 0 Å². The van der Waals surface area contributed by atoms with Gasteiger partial charge in [-0.25, -0.2) is 4.79 Å². The molecule has 0 saturated carbocycles. The number of hydrogen-bond donors (Lipinski definition) is 2. The summed E-state index contributed by atoms with van der Waals surface area (Å²) in [5.74, 6) is 1.04. The number of ether oxygens (including phenoxy) is 2. The first kappa shape index (κ1) is 16.8. The number of methoxy groups -OCH3 is 1. The molecule has 1 aliphatic heterocycles. The maximum Gasteiger partial charge on any atom is 0.328 e. The summed E-state index contributed by atoms with van der Waals surface area (Å²) in [6, 6.07) is 5.41. The molecule has 0 saturated heterocycles. The van der Waals surface area contributed by atoms with Crippen molar-refractivity contribution in [2.24, 2.45) is 0 Å². The Kier molecular flexibility index (Phi) is 4.60. The number of nitrogens with zero attached hydrogens (tertiary/aromatic N) is 1. The van der Waals surface area contributed by atoms with Crippen LogP contribution in [-0.2, 0) is 17.8 Å². The Morgan fingerprint density at radius 3 is 3.00 bits per heavy atom. The van der Waals surface area contributed by atoms with Gasteiger partial charge in [0, 0.05) is 17.3 Å². The number of aromatic nitrogens is 2.